The van der Waals surface area contributed by atoms with Gasteiger partial charge < -0.3 is 10.2 Å². The highest BCUT2D eigenvalue weighted by Gasteiger charge is 2.15. The zero-order valence-corrected chi connectivity index (χ0v) is 12.8. The maximum absolute atomic E-state index is 3.70. The van der Waals surface area contributed by atoms with Crippen LogP contribution in [-0.4, -0.2) is 30.6 Å². The Bertz CT molecular complexity index is 340. The molecule has 0 spiro atoms. The molecule has 1 atom stereocenters. The number of thiophene rings is 1. The molecule has 4 heteroatoms. The van der Waals surface area contributed by atoms with Crippen LogP contribution in [0, 0.1) is 0 Å². The van der Waals surface area contributed by atoms with Gasteiger partial charge in [-0.2, -0.15) is 0 Å². The van der Waals surface area contributed by atoms with E-state index in [2.05, 4.69) is 44.5 Å². The van der Waals surface area contributed by atoms with Crippen LogP contribution < -0.4 is 5.32 Å². The molecule has 0 bridgehead atoms. The fourth-order valence-electron chi connectivity index (χ4n) is 2.37. The van der Waals surface area contributed by atoms with E-state index in [0.29, 0.717) is 6.04 Å². The van der Waals surface area contributed by atoms with Crippen molar-refractivity contribution in [3.05, 3.63) is 20.8 Å². The van der Waals surface area contributed by atoms with Gasteiger partial charge in [0, 0.05) is 27.3 Å². The molecule has 96 valence electrons. The van der Waals surface area contributed by atoms with E-state index in [1.54, 1.807) is 0 Å². The first-order valence-corrected chi connectivity index (χ1v) is 8.14. The van der Waals surface area contributed by atoms with Crippen molar-refractivity contribution in [2.75, 3.05) is 19.6 Å². The van der Waals surface area contributed by atoms with Crippen molar-refractivity contribution in [1.82, 2.24) is 10.2 Å². The summed E-state index contributed by atoms with van der Waals surface area (Å²) in [6.07, 6.45) is 3.95. The van der Waals surface area contributed by atoms with Crippen LogP contribution in [0.2, 0.25) is 0 Å². The highest BCUT2D eigenvalue weighted by atomic mass is 79.9. The van der Waals surface area contributed by atoms with Crippen molar-refractivity contribution in [3.63, 3.8) is 0 Å². The summed E-state index contributed by atoms with van der Waals surface area (Å²) >= 11 is 5.33. The van der Waals surface area contributed by atoms with Crippen molar-refractivity contribution in [2.24, 2.45) is 0 Å². The lowest BCUT2D eigenvalue weighted by Gasteiger charge is -2.18. The molecule has 1 N–H and O–H groups in total. The molecule has 0 aromatic carbocycles. The minimum Gasteiger partial charge on any atom is -0.309 e. The van der Waals surface area contributed by atoms with Crippen LogP contribution >= 0.6 is 27.3 Å². The minimum absolute atomic E-state index is 0.701. The number of nitrogens with zero attached hydrogens (tertiary/aromatic N) is 1. The average Bonchev–Trinajstić information content (AvgIpc) is 2.63. The molecule has 2 rings (SSSR count). The Hall–Kier alpha value is 0.1000. The standard InChI is InChI=1S/C13H21BrN2S/c1-2-16-6-3-4-12(5-7-16)15-9-13-8-11(14)10-17-13/h8,10,12,15H,2-7,9H2,1H3. The summed E-state index contributed by atoms with van der Waals surface area (Å²) in [5, 5.41) is 5.85. The smallest absolute Gasteiger partial charge is 0.0302 e. The van der Waals surface area contributed by atoms with Gasteiger partial charge in [-0.1, -0.05) is 6.92 Å². The first-order valence-electron chi connectivity index (χ1n) is 6.46. The zero-order valence-electron chi connectivity index (χ0n) is 10.4. The Morgan fingerprint density at radius 3 is 3.06 bits per heavy atom. The third-order valence-corrected chi connectivity index (χ3v) is 5.15. The molecule has 1 aliphatic heterocycles. The van der Waals surface area contributed by atoms with Gasteiger partial charge in [0.15, 0.2) is 0 Å². The first-order chi connectivity index (χ1) is 8.28. The lowest BCUT2D eigenvalue weighted by Crippen LogP contribution is -2.30. The van der Waals surface area contributed by atoms with Crippen molar-refractivity contribution in [1.29, 1.82) is 0 Å². The predicted molar refractivity (Wildman–Crippen MR) is 78.6 cm³/mol. The first kappa shape index (κ1) is 13.5. The molecule has 0 aliphatic carbocycles. The number of halogens is 1. The summed E-state index contributed by atoms with van der Waals surface area (Å²) in [7, 11) is 0. The third kappa shape index (κ3) is 4.36. The highest BCUT2D eigenvalue weighted by Crippen LogP contribution is 2.20. The number of nitrogens with one attached hydrogen (secondary N) is 1. The molecule has 2 nitrogen and oxygen atoms in total. The number of likely N-dealkylation sites (tertiary alicyclic amines) is 1. The Morgan fingerprint density at radius 2 is 2.35 bits per heavy atom. The second-order valence-electron chi connectivity index (χ2n) is 4.67. The van der Waals surface area contributed by atoms with Crippen LogP contribution in [0.15, 0.2) is 15.9 Å². The normalized spacial score (nSPS) is 22.6. The van der Waals surface area contributed by atoms with Crippen molar-refractivity contribution < 1.29 is 0 Å². The van der Waals surface area contributed by atoms with Crippen LogP contribution in [0.5, 0.6) is 0 Å². The Labute approximate surface area is 117 Å². The summed E-state index contributed by atoms with van der Waals surface area (Å²) < 4.78 is 1.21. The van der Waals surface area contributed by atoms with Crippen LogP contribution in [0.4, 0.5) is 0 Å². The second-order valence-corrected chi connectivity index (χ2v) is 6.59. The van der Waals surface area contributed by atoms with Crippen molar-refractivity contribution in [3.8, 4) is 0 Å². The van der Waals surface area contributed by atoms with Crippen LogP contribution in [0.3, 0.4) is 0 Å². The molecule has 1 saturated heterocycles. The third-order valence-electron chi connectivity index (χ3n) is 3.45. The summed E-state index contributed by atoms with van der Waals surface area (Å²) in [6, 6.07) is 2.92. The van der Waals surface area contributed by atoms with Gasteiger partial charge in [0.1, 0.15) is 0 Å². The van der Waals surface area contributed by atoms with E-state index in [1.807, 2.05) is 11.3 Å². The molecule has 1 aromatic rings. The summed E-state index contributed by atoms with van der Waals surface area (Å²) in [5.41, 5.74) is 0. The number of rotatable bonds is 4. The minimum atomic E-state index is 0.701. The largest absolute Gasteiger partial charge is 0.309 e. The molecule has 0 saturated carbocycles. The zero-order chi connectivity index (χ0) is 12.1. The SMILES string of the molecule is CCN1CCCC(NCc2cc(Br)cs2)CC1. The van der Waals surface area contributed by atoms with E-state index in [4.69, 9.17) is 0 Å². The molecule has 1 aromatic heterocycles. The van der Waals surface area contributed by atoms with Gasteiger partial charge in [0.05, 0.1) is 0 Å². The van der Waals surface area contributed by atoms with E-state index < -0.39 is 0 Å². The maximum atomic E-state index is 3.70. The number of hydrogen-bond acceptors (Lipinski definition) is 3. The monoisotopic (exact) mass is 316 g/mol. The van der Waals surface area contributed by atoms with E-state index in [0.717, 1.165) is 6.54 Å². The van der Waals surface area contributed by atoms with Gasteiger partial charge in [0.25, 0.3) is 0 Å². The number of hydrogen-bond donors (Lipinski definition) is 1. The Balaban J connectivity index is 1.75. The predicted octanol–water partition coefficient (Wildman–Crippen LogP) is 3.47. The molecule has 0 amide bonds. The summed E-state index contributed by atoms with van der Waals surface area (Å²) in [6.45, 7) is 7.01. The quantitative estimate of drug-likeness (QED) is 0.915. The Kier molecular flexibility index (Phi) is 5.48. The fourth-order valence-corrected chi connectivity index (χ4v) is 3.77. The Morgan fingerprint density at radius 1 is 1.47 bits per heavy atom. The van der Waals surface area contributed by atoms with Crippen molar-refractivity contribution >= 4 is 27.3 Å². The van der Waals surface area contributed by atoms with E-state index in [-0.39, 0.29) is 0 Å². The van der Waals surface area contributed by atoms with Gasteiger partial charge in [-0.05, 0) is 60.9 Å². The molecule has 1 aliphatic rings. The lowest BCUT2D eigenvalue weighted by atomic mass is 10.1. The van der Waals surface area contributed by atoms with Gasteiger partial charge in [-0.3, -0.25) is 0 Å². The van der Waals surface area contributed by atoms with Crippen molar-refractivity contribution in [2.45, 2.75) is 38.8 Å². The van der Waals surface area contributed by atoms with E-state index in [9.17, 15) is 0 Å². The van der Waals surface area contributed by atoms with Gasteiger partial charge >= 0.3 is 0 Å². The second kappa shape index (κ2) is 6.88. The highest BCUT2D eigenvalue weighted by molar-refractivity contribution is 9.10. The van der Waals surface area contributed by atoms with Crippen LogP contribution in [-0.2, 0) is 6.54 Å². The van der Waals surface area contributed by atoms with Gasteiger partial charge in [0.2, 0.25) is 0 Å². The average molecular weight is 317 g/mol. The molecular weight excluding hydrogens is 296 g/mol. The molecular formula is C13H21BrN2S. The van der Waals surface area contributed by atoms with E-state index in [1.165, 1.54) is 48.2 Å². The molecule has 2 heterocycles. The topological polar surface area (TPSA) is 15.3 Å². The lowest BCUT2D eigenvalue weighted by molar-refractivity contribution is 0.297. The van der Waals surface area contributed by atoms with Crippen LogP contribution in [0.1, 0.15) is 31.1 Å². The fraction of sp³-hybridized carbons (Fsp3) is 0.692. The molecule has 1 fully saturated rings. The summed E-state index contributed by atoms with van der Waals surface area (Å²) in [5.74, 6) is 0. The maximum Gasteiger partial charge on any atom is 0.0302 e. The molecule has 0 radical (unpaired) electrons. The van der Waals surface area contributed by atoms with Gasteiger partial charge in [-0.15, -0.1) is 11.3 Å². The molecule has 1 unspecified atom stereocenters. The van der Waals surface area contributed by atoms with Gasteiger partial charge in [-0.25, -0.2) is 0 Å². The van der Waals surface area contributed by atoms with Crippen LogP contribution in [0.25, 0.3) is 0 Å². The van der Waals surface area contributed by atoms with E-state index >= 15 is 0 Å². The molecule has 17 heavy (non-hydrogen) atoms. The summed E-state index contributed by atoms with van der Waals surface area (Å²) in [4.78, 5) is 3.98.